The fourth-order valence-corrected chi connectivity index (χ4v) is 2.16. The second-order valence-electron chi connectivity index (χ2n) is 5.62. The Bertz CT molecular complexity index is 434. The fourth-order valence-electron chi connectivity index (χ4n) is 2.16. The van der Waals surface area contributed by atoms with Gasteiger partial charge in [-0.2, -0.15) is 15.0 Å². The molecule has 1 aromatic heterocycles. The van der Waals surface area contributed by atoms with E-state index in [1.165, 1.54) is 19.3 Å². The minimum absolute atomic E-state index is 0.0525. The van der Waals surface area contributed by atoms with Crippen molar-refractivity contribution in [3.8, 4) is 6.01 Å². The predicted octanol–water partition coefficient (Wildman–Crippen LogP) is 2.33. The van der Waals surface area contributed by atoms with E-state index >= 15 is 0 Å². The minimum atomic E-state index is 0.0525. The number of nitrogens with zero attached hydrogens (tertiary/aromatic N) is 4. The molecule has 2 rings (SSSR count). The summed E-state index contributed by atoms with van der Waals surface area (Å²) in [7, 11) is 2.03. The zero-order chi connectivity index (χ0) is 14.5. The van der Waals surface area contributed by atoms with E-state index in [2.05, 4.69) is 25.2 Å². The van der Waals surface area contributed by atoms with Crippen molar-refractivity contribution >= 4 is 11.9 Å². The molecule has 1 fully saturated rings. The lowest BCUT2D eigenvalue weighted by Gasteiger charge is -2.30. The van der Waals surface area contributed by atoms with Gasteiger partial charge in [-0.1, -0.05) is 6.42 Å². The Hall–Kier alpha value is -1.59. The van der Waals surface area contributed by atoms with E-state index in [1.54, 1.807) is 0 Å². The Kier molecular flexibility index (Phi) is 4.98. The van der Waals surface area contributed by atoms with E-state index in [4.69, 9.17) is 4.74 Å². The average molecular weight is 279 g/mol. The van der Waals surface area contributed by atoms with E-state index < -0.39 is 0 Å². The molecule has 112 valence electrons. The topological polar surface area (TPSA) is 63.2 Å². The van der Waals surface area contributed by atoms with E-state index in [1.807, 2.05) is 27.8 Å². The summed E-state index contributed by atoms with van der Waals surface area (Å²) in [4.78, 5) is 15.2. The van der Waals surface area contributed by atoms with Crippen LogP contribution in [0, 0.1) is 5.92 Å². The van der Waals surface area contributed by atoms with Crippen molar-refractivity contribution in [3.63, 3.8) is 0 Å². The summed E-state index contributed by atoms with van der Waals surface area (Å²) in [5.41, 5.74) is 0. The zero-order valence-electron chi connectivity index (χ0n) is 12.9. The Morgan fingerprint density at radius 3 is 2.60 bits per heavy atom. The third kappa shape index (κ3) is 3.95. The molecule has 0 aromatic carbocycles. The third-order valence-electron chi connectivity index (χ3n) is 3.38. The second-order valence-corrected chi connectivity index (χ2v) is 5.62. The SMILES string of the molecule is CCNc1nc(OC(C)C)nc(N(C)CC2CCC2)n1. The van der Waals surface area contributed by atoms with Crippen LogP contribution >= 0.6 is 0 Å². The van der Waals surface area contributed by atoms with E-state index in [9.17, 15) is 0 Å². The van der Waals surface area contributed by atoms with Crippen LogP contribution in [-0.2, 0) is 0 Å². The molecule has 0 amide bonds. The normalized spacial score (nSPS) is 15.1. The van der Waals surface area contributed by atoms with Crippen LogP contribution in [0.25, 0.3) is 0 Å². The van der Waals surface area contributed by atoms with Crippen molar-refractivity contribution in [2.24, 2.45) is 5.92 Å². The van der Waals surface area contributed by atoms with Crippen LogP contribution in [0.2, 0.25) is 0 Å². The number of rotatable bonds is 7. The number of anilines is 2. The van der Waals surface area contributed by atoms with Crippen LogP contribution in [0.1, 0.15) is 40.0 Å². The molecule has 0 saturated heterocycles. The number of hydrogen-bond acceptors (Lipinski definition) is 6. The summed E-state index contributed by atoms with van der Waals surface area (Å²) >= 11 is 0. The first-order chi connectivity index (χ1) is 9.58. The number of nitrogens with one attached hydrogen (secondary N) is 1. The Morgan fingerprint density at radius 1 is 1.30 bits per heavy atom. The standard InChI is InChI=1S/C14H25N5O/c1-5-15-12-16-13(18-14(17-12)20-10(2)3)19(4)9-11-7-6-8-11/h10-11H,5-9H2,1-4H3,(H,15,16,17,18). The molecule has 1 aliphatic carbocycles. The Morgan fingerprint density at radius 2 is 2.05 bits per heavy atom. The number of ether oxygens (including phenoxy) is 1. The van der Waals surface area contributed by atoms with Gasteiger partial charge in [-0.05, 0) is 39.5 Å². The quantitative estimate of drug-likeness (QED) is 0.826. The van der Waals surface area contributed by atoms with Gasteiger partial charge in [0.2, 0.25) is 11.9 Å². The Labute approximate surface area is 121 Å². The summed E-state index contributed by atoms with van der Waals surface area (Å²) in [5.74, 6) is 2.03. The van der Waals surface area contributed by atoms with Crippen LogP contribution in [0.3, 0.4) is 0 Å². The van der Waals surface area contributed by atoms with Crippen LogP contribution in [-0.4, -0.2) is 41.2 Å². The van der Waals surface area contributed by atoms with Crippen LogP contribution in [0.4, 0.5) is 11.9 Å². The lowest BCUT2D eigenvalue weighted by molar-refractivity contribution is 0.222. The molecule has 0 radical (unpaired) electrons. The van der Waals surface area contributed by atoms with Gasteiger partial charge in [0.05, 0.1) is 6.10 Å². The fraction of sp³-hybridized carbons (Fsp3) is 0.786. The van der Waals surface area contributed by atoms with Gasteiger partial charge >= 0.3 is 6.01 Å². The maximum Gasteiger partial charge on any atom is 0.323 e. The van der Waals surface area contributed by atoms with Crippen molar-refractivity contribution in [3.05, 3.63) is 0 Å². The molecule has 1 N–H and O–H groups in total. The molecular weight excluding hydrogens is 254 g/mol. The second kappa shape index (κ2) is 6.72. The third-order valence-corrected chi connectivity index (χ3v) is 3.38. The first kappa shape index (κ1) is 14.8. The highest BCUT2D eigenvalue weighted by Gasteiger charge is 2.21. The first-order valence-electron chi connectivity index (χ1n) is 7.46. The molecule has 1 saturated carbocycles. The smallest absolute Gasteiger partial charge is 0.323 e. The monoisotopic (exact) mass is 279 g/mol. The van der Waals surface area contributed by atoms with E-state index in [-0.39, 0.29) is 6.10 Å². The molecule has 6 nitrogen and oxygen atoms in total. The molecule has 0 atom stereocenters. The lowest BCUT2D eigenvalue weighted by Crippen LogP contribution is -2.31. The van der Waals surface area contributed by atoms with E-state index in [0.717, 1.165) is 19.0 Å². The summed E-state index contributed by atoms with van der Waals surface area (Å²) in [5, 5.41) is 3.13. The molecule has 1 aromatic rings. The van der Waals surface area contributed by atoms with Crippen molar-refractivity contribution in [2.45, 2.75) is 46.1 Å². The van der Waals surface area contributed by atoms with Gasteiger partial charge in [-0.3, -0.25) is 0 Å². The highest BCUT2D eigenvalue weighted by molar-refractivity contribution is 5.37. The molecule has 1 aliphatic rings. The molecule has 1 heterocycles. The maximum absolute atomic E-state index is 5.61. The summed E-state index contributed by atoms with van der Waals surface area (Å²) in [6, 6.07) is 0.390. The molecule has 0 bridgehead atoms. The van der Waals surface area contributed by atoms with Gasteiger partial charge in [0.25, 0.3) is 0 Å². The highest BCUT2D eigenvalue weighted by atomic mass is 16.5. The molecule has 0 spiro atoms. The van der Waals surface area contributed by atoms with Crippen LogP contribution < -0.4 is 15.0 Å². The Balaban J connectivity index is 2.13. The first-order valence-corrected chi connectivity index (χ1v) is 7.46. The van der Waals surface area contributed by atoms with Crippen molar-refractivity contribution in [2.75, 3.05) is 30.4 Å². The van der Waals surface area contributed by atoms with E-state index in [0.29, 0.717) is 17.9 Å². The minimum Gasteiger partial charge on any atom is -0.461 e. The lowest BCUT2D eigenvalue weighted by atomic mass is 9.85. The maximum atomic E-state index is 5.61. The van der Waals surface area contributed by atoms with Gasteiger partial charge in [0.1, 0.15) is 0 Å². The van der Waals surface area contributed by atoms with Crippen molar-refractivity contribution < 1.29 is 4.74 Å². The van der Waals surface area contributed by atoms with Gasteiger partial charge in [-0.25, -0.2) is 0 Å². The summed E-state index contributed by atoms with van der Waals surface area (Å²) in [6.45, 7) is 7.72. The van der Waals surface area contributed by atoms with Crippen molar-refractivity contribution in [1.29, 1.82) is 0 Å². The zero-order valence-corrected chi connectivity index (χ0v) is 12.9. The molecule has 0 aliphatic heterocycles. The molecule has 0 unspecified atom stereocenters. The van der Waals surface area contributed by atoms with Gasteiger partial charge in [-0.15, -0.1) is 0 Å². The number of aromatic nitrogens is 3. The predicted molar refractivity (Wildman–Crippen MR) is 80.4 cm³/mol. The van der Waals surface area contributed by atoms with Gasteiger partial charge in [0.15, 0.2) is 0 Å². The number of hydrogen-bond donors (Lipinski definition) is 1. The summed E-state index contributed by atoms with van der Waals surface area (Å²) in [6.07, 6.45) is 4.02. The van der Waals surface area contributed by atoms with Crippen molar-refractivity contribution in [1.82, 2.24) is 15.0 Å². The van der Waals surface area contributed by atoms with Gasteiger partial charge < -0.3 is 15.0 Å². The molecule has 20 heavy (non-hydrogen) atoms. The summed E-state index contributed by atoms with van der Waals surface area (Å²) < 4.78 is 5.61. The highest BCUT2D eigenvalue weighted by Crippen LogP contribution is 2.28. The molecular formula is C14H25N5O. The largest absolute Gasteiger partial charge is 0.461 e. The molecule has 6 heteroatoms. The van der Waals surface area contributed by atoms with Gasteiger partial charge in [0, 0.05) is 20.1 Å². The average Bonchev–Trinajstić information content (AvgIpc) is 2.32. The van der Waals surface area contributed by atoms with Crippen LogP contribution in [0.15, 0.2) is 0 Å². The van der Waals surface area contributed by atoms with Crippen LogP contribution in [0.5, 0.6) is 6.01 Å².